The van der Waals surface area contributed by atoms with Gasteiger partial charge in [0.15, 0.2) is 0 Å². The fourth-order valence-electron chi connectivity index (χ4n) is 4.22. The molecule has 3 aromatic rings. The van der Waals surface area contributed by atoms with Crippen LogP contribution in [0.15, 0.2) is 77.8 Å². The van der Waals surface area contributed by atoms with E-state index in [9.17, 15) is 19.5 Å². The number of piperazine rings is 1. The number of aromatic hydroxyl groups is 1. The number of thioether (sulfide) groups is 1. The van der Waals surface area contributed by atoms with E-state index in [-0.39, 0.29) is 23.1 Å². The molecule has 2 fully saturated rings. The standard InChI is InChI=1S/C26H24N4O4S/c31-22-10-8-20(9-11-22)29-12-4-7-21(29)17-23-25(33)30(26(34)35-23)18-24(32)28-15-13-27(14-16-28)19-5-2-1-3-6-19/h1-12,17,31H,13-16,18H2. The lowest BCUT2D eigenvalue weighted by atomic mass is 10.2. The number of phenolic OH excluding ortho intramolecular Hbond substituents is 1. The molecular weight excluding hydrogens is 464 g/mol. The molecule has 0 atom stereocenters. The molecule has 35 heavy (non-hydrogen) atoms. The first-order chi connectivity index (χ1) is 17.0. The number of amides is 3. The van der Waals surface area contributed by atoms with Crippen molar-refractivity contribution < 1.29 is 19.5 Å². The van der Waals surface area contributed by atoms with Crippen LogP contribution in [-0.2, 0) is 9.59 Å². The Labute approximate surface area is 207 Å². The fourth-order valence-corrected chi connectivity index (χ4v) is 5.04. The van der Waals surface area contributed by atoms with Crippen LogP contribution in [0.4, 0.5) is 10.5 Å². The molecule has 9 heteroatoms. The van der Waals surface area contributed by atoms with Crippen LogP contribution in [-0.4, -0.2) is 69.3 Å². The molecule has 178 valence electrons. The molecule has 8 nitrogen and oxygen atoms in total. The molecule has 3 amide bonds. The third kappa shape index (κ3) is 4.81. The van der Waals surface area contributed by atoms with Crippen LogP contribution >= 0.6 is 11.8 Å². The molecule has 2 aliphatic heterocycles. The number of para-hydroxylation sites is 1. The average molecular weight is 489 g/mol. The Bertz CT molecular complexity index is 1280. The molecule has 2 aliphatic rings. The van der Waals surface area contributed by atoms with E-state index < -0.39 is 11.1 Å². The zero-order chi connectivity index (χ0) is 24.4. The number of imide groups is 1. The van der Waals surface area contributed by atoms with E-state index in [2.05, 4.69) is 4.90 Å². The third-order valence-electron chi connectivity index (χ3n) is 6.11. The number of hydrogen-bond acceptors (Lipinski definition) is 6. The number of nitrogens with zero attached hydrogens (tertiary/aromatic N) is 4. The predicted molar refractivity (Wildman–Crippen MR) is 135 cm³/mol. The highest BCUT2D eigenvalue weighted by Gasteiger charge is 2.37. The molecule has 3 heterocycles. The van der Waals surface area contributed by atoms with Gasteiger partial charge >= 0.3 is 0 Å². The van der Waals surface area contributed by atoms with Crippen LogP contribution < -0.4 is 4.90 Å². The van der Waals surface area contributed by atoms with E-state index in [0.29, 0.717) is 31.9 Å². The predicted octanol–water partition coefficient (Wildman–Crippen LogP) is 3.57. The van der Waals surface area contributed by atoms with Crippen molar-refractivity contribution in [3.05, 3.63) is 83.5 Å². The first-order valence-electron chi connectivity index (χ1n) is 11.3. The van der Waals surface area contributed by atoms with Gasteiger partial charge in [-0.25, -0.2) is 0 Å². The van der Waals surface area contributed by atoms with Gasteiger partial charge in [0.1, 0.15) is 12.3 Å². The van der Waals surface area contributed by atoms with Gasteiger partial charge in [-0.1, -0.05) is 18.2 Å². The van der Waals surface area contributed by atoms with E-state index in [1.807, 2.05) is 53.2 Å². The minimum absolute atomic E-state index is 0.162. The topological polar surface area (TPSA) is 86.1 Å². The van der Waals surface area contributed by atoms with Crippen LogP contribution in [0.25, 0.3) is 11.8 Å². The maximum absolute atomic E-state index is 13.0. The number of hydrogen-bond donors (Lipinski definition) is 1. The summed E-state index contributed by atoms with van der Waals surface area (Å²) < 4.78 is 1.85. The molecule has 0 radical (unpaired) electrons. The number of anilines is 1. The second-order valence-corrected chi connectivity index (χ2v) is 9.28. The highest BCUT2D eigenvalue weighted by atomic mass is 32.2. The maximum atomic E-state index is 13.0. The molecule has 0 spiro atoms. The van der Waals surface area contributed by atoms with E-state index in [1.54, 1.807) is 35.2 Å². The second-order valence-electron chi connectivity index (χ2n) is 8.29. The number of rotatable bonds is 5. The average Bonchev–Trinajstić information content (AvgIpc) is 3.45. The summed E-state index contributed by atoms with van der Waals surface area (Å²) in [7, 11) is 0. The van der Waals surface area contributed by atoms with Crippen molar-refractivity contribution in [1.29, 1.82) is 0 Å². The van der Waals surface area contributed by atoms with Gasteiger partial charge in [0, 0.05) is 49.4 Å². The first-order valence-corrected chi connectivity index (χ1v) is 12.1. The van der Waals surface area contributed by atoms with Gasteiger partial charge in [0.25, 0.3) is 11.1 Å². The monoisotopic (exact) mass is 488 g/mol. The van der Waals surface area contributed by atoms with E-state index in [0.717, 1.165) is 28.0 Å². The Balaban J connectivity index is 1.24. The van der Waals surface area contributed by atoms with Crippen molar-refractivity contribution >= 4 is 40.6 Å². The van der Waals surface area contributed by atoms with Crippen LogP contribution in [0.2, 0.25) is 0 Å². The Morgan fingerprint density at radius 3 is 2.31 bits per heavy atom. The fraction of sp³-hybridized carbons (Fsp3) is 0.192. The molecule has 5 rings (SSSR count). The maximum Gasteiger partial charge on any atom is 0.294 e. The van der Waals surface area contributed by atoms with E-state index in [4.69, 9.17) is 0 Å². The van der Waals surface area contributed by atoms with Gasteiger partial charge in [-0.15, -0.1) is 0 Å². The molecule has 0 bridgehead atoms. The number of aromatic nitrogens is 1. The lowest BCUT2D eigenvalue weighted by Crippen LogP contribution is -2.51. The summed E-state index contributed by atoms with van der Waals surface area (Å²) in [4.78, 5) is 43.7. The number of carbonyl (C=O) groups is 3. The van der Waals surface area contributed by atoms with E-state index >= 15 is 0 Å². The van der Waals surface area contributed by atoms with Crippen molar-refractivity contribution in [2.45, 2.75) is 0 Å². The third-order valence-corrected chi connectivity index (χ3v) is 7.02. The van der Waals surface area contributed by atoms with Gasteiger partial charge in [-0.05, 0) is 66.4 Å². The number of carbonyl (C=O) groups excluding carboxylic acids is 3. The van der Waals surface area contributed by atoms with Gasteiger partial charge in [-0.3, -0.25) is 19.3 Å². The second kappa shape index (κ2) is 9.71. The normalized spacial score (nSPS) is 17.5. The van der Waals surface area contributed by atoms with Gasteiger partial charge in [-0.2, -0.15) is 0 Å². The lowest BCUT2D eigenvalue weighted by molar-refractivity contribution is -0.136. The van der Waals surface area contributed by atoms with Crippen molar-refractivity contribution in [2.24, 2.45) is 0 Å². The first kappa shape index (κ1) is 22.8. The zero-order valence-electron chi connectivity index (χ0n) is 18.9. The molecule has 2 saturated heterocycles. The highest BCUT2D eigenvalue weighted by Crippen LogP contribution is 2.33. The summed E-state index contributed by atoms with van der Waals surface area (Å²) in [5, 5.41) is 9.09. The number of benzene rings is 2. The Hall–Kier alpha value is -3.98. The SMILES string of the molecule is O=C(CN1C(=O)SC(=Cc2cccn2-c2ccc(O)cc2)C1=O)N1CCN(c2ccccc2)CC1. The molecule has 1 aromatic heterocycles. The molecule has 0 unspecified atom stereocenters. The molecule has 1 N–H and O–H groups in total. The van der Waals surface area contributed by atoms with Crippen molar-refractivity contribution in [3.63, 3.8) is 0 Å². The summed E-state index contributed by atoms with van der Waals surface area (Å²) in [5.74, 6) is -0.529. The molecular formula is C26H24N4O4S. The van der Waals surface area contributed by atoms with Crippen molar-refractivity contribution in [2.75, 3.05) is 37.6 Å². The molecule has 2 aromatic carbocycles. The smallest absolute Gasteiger partial charge is 0.294 e. The Kier molecular flexibility index (Phi) is 6.33. The van der Waals surface area contributed by atoms with Gasteiger partial charge in [0.05, 0.1) is 4.91 Å². The van der Waals surface area contributed by atoms with Crippen LogP contribution in [0.5, 0.6) is 5.75 Å². The Morgan fingerprint density at radius 1 is 0.886 bits per heavy atom. The molecule has 0 saturated carbocycles. The van der Waals surface area contributed by atoms with Crippen LogP contribution in [0.1, 0.15) is 5.69 Å². The summed E-state index contributed by atoms with van der Waals surface area (Å²) in [6.07, 6.45) is 3.49. The van der Waals surface area contributed by atoms with Crippen LogP contribution in [0, 0.1) is 0 Å². The summed E-state index contributed by atoms with van der Waals surface area (Å²) >= 11 is 0.839. The molecule has 0 aliphatic carbocycles. The quantitative estimate of drug-likeness (QED) is 0.553. The van der Waals surface area contributed by atoms with Crippen molar-refractivity contribution in [1.82, 2.24) is 14.4 Å². The van der Waals surface area contributed by atoms with Crippen molar-refractivity contribution in [3.8, 4) is 11.4 Å². The summed E-state index contributed by atoms with van der Waals surface area (Å²) in [6, 6.07) is 20.4. The highest BCUT2D eigenvalue weighted by molar-refractivity contribution is 8.18. The largest absolute Gasteiger partial charge is 0.508 e. The van der Waals surface area contributed by atoms with Gasteiger partial charge < -0.3 is 19.5 Å². The summed E-state index contributed by atoms with van der Waals surface area (Å²) in [6.45, 7) is 2.23. The van der Waals surface area contributed by atoms with E-state index in [1.165, 1.54) is 0 Å². The van der Waals surface area contributed by atoms with Gasteiger partial charge in [0.2, 0.25) is 5.91 Å². The lowest BCUT2D eigenvalue weighted by Gasteiger charge is -2.36. The number of phenols is 1. The Morgan fingerprint density at radius 2 is 1.60 bits per heavy atom. The minimum Gasteiger partial charge on any atom is -0.508 e. The summed E-state index contributed by atoms with van der Waals surface area (Å²) in [5.41, 5.74) is 2.64. The minimum atomic E-state index is -0.463. The zero-order valence-corrected chi connectivity index (χ0v) is 19.7. The van der Waals surface area contributed by atoms with Crippen LogP contribution in [0.3, 0.4) is 0 Å².